The second kappa shape index (κ2) is 2.34. The van der Waals surface area contributed by atoms with E-state index in [0.29, 0.717) is 0 Å². The lowest BCUT2D eigenvalue weighted by Gasteiger charge is -1.85. The standard InChI is InChI=1S/C8H7BrN2/c1-5-8(9)6-4-10-3-2-7(6)11-5/h2-4,11H,1H3. The second-order valence-corrected chi connectivity index (χ2v) is 3.28. The smallest absolute Gasteiger partial charge is 0.0498 e. The molecule has 2 nitrogen and oxygen atoms in total. The third kappa shape index (κ3) is 0.959. The van der Waals surface area contributed by atoms with Gasteiger partial charge in [0.2, 0.25) is 0 Å². The quantitative estimate of drug-likeness (QED) is 0.712. The van der Waals surface area contributed by atoms with E-state index in [1.165, 1.54) is 0 Å². The number of rotatable bonds is 0. The van der Waals surface area contributed by atoms with Crippen LogP contribution in [0.5, 0.6) is 0 Å². The van der Waals surface area contributed by atoms with Crippen molar-refractivity contribution in [3.8, 4) is 0 Å². The molecular formula is C8H7BrN2. The summed E-state index contributed by atoms with van der Waals surface area (Å²) in [5.41, 5.74) is 2.28. The molecule has 11 heavy (non-hydrogen) atoms. The molecule has 0 fully saturated rings. The zero-order valence-corrected chi connectivity index (χ0v) is 7.64. The maximum absolute atomic E-state index is 4.04. The molecule has 2 heterocycles. The van der Waals surface area contributed by atoms with E-state index in [1.54, 1.807) is 6.20 Å². The van der Waals surface area contributed by atoms with E-state index in [9.17, 15) is 0 Å². The molecule has 56 valence electrons. The molecule has 0 aliphatic carbocycles. The molecule has 0 spiro atoms. The SMILES string of the molecule is Cc1[nH]c2ccncc2c1Br. The zero-order valence-electron chi connectivity index (χ0n) is 6.06. The van der Waals surface area contributed by atoms with E-state index in [4.69, 9.17) is 0 Å². The van der Waals surface area contributed by atoms with E-state index in [2.05, 4.69) is 25.9 Å². The Hall–Kier alpha value is -0.830. The highest BCUT2D eigenvalue weighted by atomic mass is 79.9. The van der Waals surface area contributed by atoms with Crippen LogP contribution in [0.15, 0.2) is 22.9 Å². The number of aromatic amines is 1. The number of pyridine rings is 1. The van der Waals surface area contributed by atoms with Crippen LogP contribution in [-0.4, -0.2) is 9.97 Å². The molecule has 2 rings (SSSR count). The van der Waals surface area contributed by atoms with Crippen LogP contribution in [0.4, 0.5) is 0 Å². The minimum absolute atomic E-state index is 1.11. The van der Waals surface area contributed by atoms with Crippen LogP contribution < -0.4 is 0 Å². The highest BCUT2D eigenvalue weighted by Crippen LogP contribution is 2.25. The number of aromatic nitrogens is 2. The van der Waals surface area contributed by atoms with Crippen LogP contribution in [0.25, 0.3) is 10.9 Å². The maximum atomic E-state index is 4.04. The Labute approximate surface area is 72.8 Å². The van der Waals surface area contributed by atoms with E-state index in [1.807, 2.05) is 19.2 Å². The van der Waals surface area contributed by atoms with Crippen molar-refractivity contribution in [2.24, 2.45) is 0 Å². The topological polar surface area (TPSA) is 28.7 Å². The summed E-state index contributed by atoms with van der Waals surface area (Å²) in [5.74, 6) is 0. The zero-order chi connectivity index (χ0) is 7.84. The number of nitrogens with zero attached hydrogens (tertiary/aromatic N) is 1. The Kier molecular flexibility index (Phi) is 1.46. The molecule has 0 aliphatic rings. The summed E-state index contributed by atoms with van der Waals surface area (Å²) in [6.07, 6.45) is 3.63. The molecule has 0 radical (unpaired) electrons. The molecule has 3 heteroatoms. The third-order valence-corrected chi connectivity index (χ3v) is 2.73. The summed E-state index contributed by atoms with van der Waals surface area (Å²) in [4.78, 5) is 7.28. The van der Waals surface area contributed by atoms with Crippen LogP contribution in [0.3, 0.4) is 0 Å². The van der Waals surface area contributed by atoms with E-state index in [0.717, 1.165) is 21.1 Å². The molecule has 0 saturated heterocycles. The van der Waals surface area contributed by atoms with Gasteiger partial charge in [0.05, 0.1) is 0 Å². The van der Waals surface area contributed by atoms with Gasteiger partial charge in [0.15, 0.2) is 0 Å². The molecule has 0 atom stereocenters. The fraction of sp³-hybridized carbons (Fsp3) is 0.125. The third-order valence-electron chi connectivity index (χ3n) is 1.71. The first-order valence-corrected chi connectivity index (χ1v) is 4.16. The largest absolute Gasteiger partial charge is 0.358 e. The Morgan fingerprint density at radius 2 is 2.36 bits per heavy atom. The highest BCUT2D eigenvalue weighted by Gasteiger charge is 2.03. The van der Waals surface area contributed by atoms with E-state index >= 15 is 0 Å². The first-order chi connectivity index (χ1) is 5.29. The molecule has 0 amide bonds. The molecule has 0 aromatic carbocycles. The summed E-state index contributed by atoms with van der Waals surface area (Å²) < 4.78 is 1.11. The minimum Gasteiger partial charge on any atom is -0.358 e. The summed E-state index contributed by atoms with van der Waals surface area (Å²) in [7, 11) is 0. The Balaban J connectivity index is 2.92. The van der Waals surface area contributed by atoms with Gasteiger partial charge in [-0.3, -0.25) is 4.98 Å². The van der Waals surface area contributed by atoms with Crippen molar-refractivity contribution >= 4 is 26.8 Å². The average molecular weight is 211 g/mol. The Bertz CT molecular complexity index is 392. The fourth-order valence-corrected chi connectivity index (χ4v) is 1.55. The average Bonchev–Trinajstić information content (AvgIpc) is 2.30. The van der Waals surface area contributed by atoms with Crippen LogP contribution in [-0.2, 0) is 0 Å². The summed E-state index contributed by atoms with van der Waals surface area (Å²) in [6.45, 7) is 2.03. The molecule has 2 aromatic heterocycles. The molecule has 1 N–H and O–H groups in total. The van der Waals surface area contributed by atoms with Crippen molar-refractivity contribution in [2.45, 2.75) is 6.92 Å². The van der Waals surface area contributed by atoms with Gasteiger partial charge in [-0.05, 0) is 28.9 Å². The Morgan fingerprint density at radius 1 is 1.55 bits per heavy atom. The molecule has 0 saturated carbocycles. The highest BCUT2D eigenvalue weighted by molar-refractivity contribution is 9.10. The van der Waals surface area contributed by atoms with Gasteiger partial charge in [-0.2, -0.15) is 0 Å². The van der Waals surface area contributed by atoms with Crippen molar-refractivity contribution in [3.05, 3.63) is 28.6 Å². The van der Waals surface area contributed by atoms with Gasteiger partial charge in [0.1, 0.15) is 0 Å². The first-order valence-electron chi connectivity index (χ1n) is 3.37. The van der Waals surface area contributed by atoms with Crippen molar-refractivity contribution in [1.29, 1.82) is 0 Å². The van der Waals surface area contributed by atoms with Crippen molar-refractivity contribution < 1.29 is 0 Å². The Morgan fingerprint density at radius 3 is 3.09 bits per heavy atom. The van der Waals surface area contributed by atoms with Gasteiger partial charge in [-0.25, -0.2) is 0 Å². The van der Waals surface area contributed by atoms with Gasteiger partial charge >= 0.3 is 0 Å². The predicted octanol–water partition coefficient (Wildman–Crippen LogP) is 2.63. The van der Waals surface area contributed by atoms with Gasteiger partial charge in [0.25, 0.3) is 0 Å². The normalized spacial score (nSPS) is 10.7. The minimum atomic E-state index is 1.11. The van der Waals surface area contributed by atoms with Gasteiger partial charge in [-0.15, -0.1) is 0 Å². The fourth-order valence-electron chi connectivity index (χ4n) is 1.14. The summed E-state index contributed by atoms with van der Waals surface area (Å²) >= 11 is 3.48. The van der Waals surface area contributed by atoms with Crippen LogP contribution >= 0.6 is 15.9 Å². The number of fused-ring (bicyclic) bond motifs is 1. The molecule has 2 aromatic rings. The molecule has 0 aliphatic heterocycles. The first kappa shape index (κ1) is 6.85. The summed E-state index contributed by atoms with van der Waals surface area (Å²) in [6, 6.07) is 1.97. The number of hydrogen-bond acceptors (Lipinski definition) is 1. The molecule has 0 bridgehead atoms. The van der Waals surface area contributed by atoms with Crippen molar-refractivity contribution in [3.63, 3.8) is 0 Å². The molecular weight excluding hydrogens is 204 g/mol. The lowest BCUT2D eigenvalue weighted by molar-refractivity contribution is 1.28. The van der Waals surface area contributed by atoms with Crippen LogP contribution in [0.2, 0.25) is 0 Å². The predicted molar refractivity (Wildman–Crippen MR) is 48.5 cm³/mol. The summed E-state index contributed by atoms with van der Waals surface area (Å²) in [5, 5.41) is 1.14. The van der Waals surface area contributed by atoms with Crippen LogP contribution in [0.1, 0.15) is 5.69 Å². The lowest BCUT2D eigenvalue weighted by Crippen LogP contribution is -1.69. The van der Waals surface area contributed by atoms with E-state index < -0.39 is 0 Å². The lowest BCUT2D eigenvalue weighted by atomic mass is 10.3. The van der Waals surface area contributed by atoms with Crippen molar-refractivity contribution in [1.82, 2.24) is 9.97 Å². The number of hydrogen-bond donors (Lipinski definition) is 1. The van der Waals surface area contributed by atoms with Gasteiger partial charge < -0.3 is 4.98 Å². The molecule has 0 unspecified atom stereocenters. The van der Waals surface area contributed by atoms with E-state index in [-0.39, 0.29) is 0 Å². The monoisotopic (exact) mass is 210 g/mol. The number of halogens is 1. The number of nitrogens with one attached hydrogen (secondary N) is 1. The number of H-pyrrole nitrogens is 1. The van der Waals surface area contributed by atoms with Crippen LogP contribution in [0, 0.1) is 6.92 Å². The number of aryl methyl sites for hydroxylation is 1. The van der Waals surface area contributed by atoms with Gasteiger partial charge in [0, 0.05) is 33.5 Å². The second-order valence-electron chi connectivity index (χ2n) is 2.49. The van der Waals surface area contributed by atoms with Crippen molar-refractivity contribution in [2.75, 3.05) is 0 Å². The maximum Gasteiger partial charge on any atom is 0.0498 e. The van der Waals surface area contributed by atoms with Gasteiger partial charge in [-0.1, -0.05) is 0 Å².